The number of rotatable bonds is 6. The summed E-state index contributed by atoms with van der Waals surface area (Å²) >= 11 is 0. The fourth-order valence-corrected chi connectivity index (χ4v) is 3.52. The minimum atomic E-state index is -0.585. The number of piperazine rings is 2. The Kier molecular flexibility index (Phi) is 6.35. The van der Waals surface area contributed by atoms with Crippen molar-refractivity contribution in [2.45, 2.75) is 19.0 Å². The maximum Gasteiger partial charge on any atom is 0.239 e. The van der Waals surface area contributed by atoms with E-state index in [-0.39, 0.29) is 30.7 Å². The molecule has 0 aromatic heterocycles. The molecule has 0 radical (unpaired) electrons. The van der Waals surface area contributed by atoms with Crippen LogP contribution in [-0.2, 0) is 20.9 Å². The van der Waals surface area contributed by atoms with Crippen molar-refractivity contribution >= 4 is 17.7 Å². The molecule has 3 rings (SSSR count). The van der Waals surface area contributed by atoms with E-state index in [0.29, 0.717) is 44.2 Å². The number of amides is 3. The zero-order chi connectivity index (χ0) is 20.1. The second-order valence-electron chi connectivity index (χ2n) is 6.82. The molecule has 0 saturated carbocycles. The maximum absolute atomic E-state index is 12.7. The van der Waals surface area contributed by atoms with E-state index in [2.05, 4.69) is 10.6 Å². The van der Waals surface area contributed by atoms with Gasteiger partial charge in [-0.05, 0) is 6.07 Å². The smallest absolute Gasteiger partial charge is 0.239 e. The Labute approximate surface area is 163 Å². The summed E-state index contributed by atoms with van der Waals surface area (Å²) in [4.78, 5) is 40.2. The molecule has 2 fully saturated rings. The Morgan fingerprint density at radius 3 is 2.64 bits per heavy atom. The van der Waals surface area contributed by atoms with Gasteiger partial charge in [0.1, 0.15) is 11.5 Å². The van der Waals surface area contributed by atoms with Crippen molar-refractivity contribution in [3.63, 3.8) is 0 Å². The summed E-state index contributed by atoms with van der Waals surface area (Å²) in [6.07, 6.45) is 0.0393. The summed E-state index contributed by atoms with van der Waals surface area (Å²) in [6.45, 7) is 2.56. The first-order chi connectivity index (χ1) is 13.5. The Morgan fingerprint density at radius 1 is 1.14 bits per heavy atom. The molecule has 2 heterocycles. The molecule has 0 aliphatic carbocycles. The van der Waals surface area contributed by atoms with Gasteiger partial charge in [0.15, 0.2) is 0 Å². The summed E-state index contributed by atoms with van der Waals surface area (Å²) in [7, 11) is 3.18. The number of hydrogen-bond acceptors (Lipinski definition) is 6. The summed E-state index contributed by atoms with van der Waals surface area (Å²) in [5.74, 6) is 0.819. The van der Waals surface area contributed by atoms with E-state index < -0.39 is 6.04 Å². The molecule has 2 saturated heterocycles. The van der Waals surface area contributed by atoms with Crippen LogP contribution in [-0.4, -0.2) is 80.5 Å². The van der Waals surface area contributed by atoms with Crippen LogP contribution < -0.4 is 20.1 Å². The van der Waals surface area contributed by atoms with Gasteiger partial charge >= 0.3 is 0 Å². The molecule has 9 nitrogen and oxygen atoms in total. The van der Waals surface area contributed by atoms with E-state index in [9.17, 15) is 14.4 Å². The number of carbonyl (C=O) groups excluding carboxylic acids is 3. The number of hydrogen-bond donors (Lipinski definition) is 2. The van der Waals surface area contributed by atoms with Gasteiger partial charge < -0.3 is 25.0 Å². The van der Waals surface area contributed by atoms with Crippen LogP contribution in [0.5, 0.6) is 11.5 Å². The van der Waals surface area contributed by atoms with E-state index in [4.69, 9.17) is 9.47 Å². The van der Waals surface area contributed by atoms with Crippen molar-refractivity contribution in [1.82, 2.24) is 20.4 Å². The van der Waals surface area contributed by atoms with Gasteiger partial charge in [0, 0.05) is 44.4 Å². The van der Waals surface area contributed by atoms with Gasteiger partial charge in [-0.25, -0.2) is 0 Å². The van der Waals surface area contributed by atoms with Crippen LogP contribution in [0.1, 0.15) is 12.0 Å². The van der Waals surface area contributed by atoms with E-state index >= 15 is 0 Å². The molecule has 152 valence electrons. The number of ether oxygens (including phenoxy) is 2. The fraction of sp³-hybridized carbons (Fsp3) is 0.526. The molecule has 0 spiro atoms. The van der Waals surface area contributed by atoms with E-state index in [1.54, 1.807) is 20.3 Å². The third-order valence-corrected chi connectivity index (χ3v) is 5.07. The third-order valence-electron chi connectivity index (χ3n) is 5.07. The van der Waals surface area contributed by atoms with Gasteiger partial charge in [0.2, 0.25) is 17.7 Å². The minimum Gasteiger partial charge on any atom is -0.497 e. The first kappa shape index (κ1) is 19.9. The molecule has 0 bridgehead atoms. The van der Waals surface area contributed by atoms with Crippen LogP contribution >= 0.6 is 0 Å². The second-order valence-corrected chi connectivity index (χ2v) is 6.82. The highest BCUT2D eigenvalue weighted by atomic mass is 16.5. The highest BCUT2D eigenvalue weighted by Gasteiger charge is 2.34. The van der Waals surface area contributed by atoms with Crippen LogP contribution in [0.4, 0.5) is 0 Å². The summed E-state index contributed by atoms with van der Waals surface area (Å²) in [5.41, 5.74) is 0.910. The van der Waals surface area contributed by atoms with E-state index in [0.717, 1.165) is 5.56 Å². The molecular weight excluding hydrogens is 364 g/mol. The molecule has 1 atom stereocenters. The average Bonchev–Trinajstić information content (AvgIpc) is 2.70. The molecule has 1 unspecified atom stereocenters. The van der Waals surface area contributed by atoms with Gasteiger partial charge in [-0.2, -0.15) is 0 Å². The normalized spacial score (nSPS) is 20.4. The fourth-order valence-electron chi connectivity index (χ4n) is 3.52. The lowest BCUT2D eigenvalue weighted by atomic mass is 10.1. The van der Waals surface area contributed by atoms with Crippen LogP contribution in [0.25, 0.3) is 0 Å². The molecule has 2 aliphatic rings. The topological polar surface area (TPSA) is 100 Å². The lowest BCUT2D eigenvalue weighted by molar-refractivity contribution is -0.142. The van der Waals surface area contributed by atoms with Gasteiger partial charge in [-0.15, -0.1) is 0 Å². The summed E-state index contributed by atoms with van der Waals surface area (Å²) < 4.78 is 10.7. The summed E-state index contributed by atoms with van der Waals surface area (Å²) in [6, 6.07) is 4.95. The van der Waals surface area contributed by atoms with Gasteiger partial charge in [0.05, 0.1) is 33.2 Å². The molecule has 3 amide bonds. The lowest BCUT2D eigenvalue weighted by Crippen LogP contribution is -2.57. The van der Waals surface area contributed by atoms with Crippen LogP contribution in [0, 0.1) is 0 Å². The standard InChI is InChI=1S/C19H26N4O5/c1-27-14-4-3-13(16(9-14)28-2)11-22-7-6-21-19(26)15(22)10-18(25)23-8-5-20-17(24)12-23/h3-4,9,15H,5-8,10-12H2,1-2H3,(H,20,24)(H,21,26). The Morgan fingerprint density at radius 2 is 1.93 bits per heavy atom. The lowest BCUT2D eigenvalue weighted by Gasteiger charge is -2.36. The zero-order valence-electron chi connectivity index (χ0n) is 16.2. The van der Waals surface area contributed by atoms with Crippen molar-refractivity contribution in [3.05, 3.63) is 23.8 Å². The predicted molar refractivity (Wildman–Crippen MR) is 101 cm³/mol. The highest BCUT2D eigenvalue weighted by molar-refractivity contribution is 5.91. The van der Waals surface area contributed by atoms with Gasteiger partial charge in [0.25, 0.3) is 0 Å². The highest BCUT2D eigenvalue weighted by Crippen LogP contribution is 2.27. The van der Waals surface area contributed by atoms with Crippen molar-refractivity contribution < 1.29 is 23.9 Å². The van der Waals surface area contributed by atoms with Crippen molar-refractivity contribution in [1.29, 1.82) is 0 Å². The quantitative estimate of drug-likeness (QED) is 0.670. The van der Waals surface area contributed by atoms with Crippen molar-refractivity contribution in [2.75, 3.05) is 46.9 Å². The number of nitrogens with zero attached hydrogens (tertiary/aromatic N) is 2. The first-order valence-electron chi connectivity index (χ1n) is 9.29. The number of nitrogens with one attached hydrogen (secondary N) is 2. The van der Waals surface area contributed by atoms with Crippen LogP contribution in [0.15, 0.2) is 18.2 Å². The maximum atomic E-state index is 12.7. The van der Waals surface area contributed by atoms with E-state index in [1.807, 2.05) is 17.0 Å². The molecule has 2 aliphatic heterocycles. The number of benzene rings is 1. The number of methoxy groups -OCH3 is 2. The van der Waals surface area contributed by atoms with Crippen LogP contribution in [0.3, 0.4) is 0 Å². The first-order valence-corrected chi connectivity index (χ1v) is 9.29. The monoisotopic (exact) mass is 390 g/mol. The molecule has 1 aromatic carbocycles. The molecule has 1 aromatic rings. The minimum absolute atomic E-state index is 0.0393. The largest absolute Gasteiger partial charge is 0.497 e. The van der Waals surface area contributed by atoms with E-state index in [1.165, 1.54) is 4.90 Å². The number of carbonyl (C=O) groups is 3. The predicted octanol–water partition coefficient (Wildman–Crippen LogP) is -0.647. The molecular formula is C19H26N4O5. The van der Waals surface area contributed by atoms with Crippen molar-refractivity contribution in [3.8, 4) is 11.5 Å². The SMILES string of the molecule is COc1ccc(CN2CCNC(=O)C2CC(=O)N2CCNC(=O)C2)c(OC)c1. The van der Waals surface area contributed by atoms with Crippen LogP contribution in [0.2, 0.25) is 0 Å². The van der Waals surface area contributed by atoms with Crippen molar-refractivity contribution in [2.24, 2.45) is 0 Å². The van der Waals surface area contributed by atoms with Gasteiger partial charge in [-0.3, -0.25) is 19.3 Å². The molecule has 9 heteroatoms. The van der Waals surface area contributed by atoms with Gasteiger partial charge in [-0.1, -0.05) is 6.07 Å². The summed E-state index contributed by atoms with van der Waals surface area (Å²) in [5, 5.41) is 5.53. The Hall–Kier alpha value is -2.81. The average molecular weight is 390 g/mol. The molecule has 2 N–H and O–H groups in total. The second kappa shape index (κ2) is 8.92. The zero-order valence-corrected chi connectivity index (χ0v) is 16.2. The Balaban J connectivity index is 1.73. The Bertz CT molecular complexity index is 754. The third kappa shape index (κ3) is 4.53. The molecule has 28 heavy (non-hydrogen) atoms.